The van der Waals surface area contributed by atoms with Crippen molar-refractivity contribution in [3.63, 3.8) is 0 Å². The predicted octanol–water partition coefficient (Wildman–Crippen LogP) is 2.96. The molecule has 1 heterocycles. The van der Waals surface area contributed by atoms with Gasteiger partial charge < -0.3 is 5.73 Å². The molecule has 0 aliphatic carbocycles. The van der Waals surface area contributed by atoms with Crippen molar-refractivity contribution in [3.05, 3.63) is 40.7 Å². The minimum absolute atomic E-state index is 0.162. The quantitative estimate of drug-likeness (QED) is 0.624. The van der Waals surface area contributed by atoms with Gasteiger partial charge in [-0.25, -0.2) is 4.98 Å². The Morgan fingerprint density at radius 3 is 2.92 bits per heavy atom. The van der Waals surface area contributed by atoms with E-state index in [2.05, 4.69) is 11.6 Å². The van der Waals surface area contributed by atoms with E-state index in [4.69, 9.17) is 28.9 Å². The minimum Gasteiger partial charge on any atom is -0.324 e. The summed E-state index contributed by atoms with van der Waals surface area (Å²) in [6.45, 7) is 3.61. The number of nitrogens with two attached hydrogens (primary N) is 1. The Balaban J connectivity index is 3.00. The first-order valence-electron chi connectivity index (χ1n) is 3.83. The average molecular weight is 217 g/mol. The van der Waals surface area contributed by atoms with Gasteiger partial charge in [0.15, 0.2) is 0 Å². The van der Waals surface area contributed by atoms with Gasteiger partial charge in [-0.05, 0) is 18.1 Å². The molecular weight excluding hydrogens is 207 g/mol. The van der Waals surface area contributed by atoms with Crippen LogP contribution in [-0.2, 0) is 0 Å². The Labute approximate surface area is 87.4 Å². The molecule has 1 aromatic rings. The molecule has 4 heteroatoms. The lowest BCUT2D eigenvalue weighted by Gasteiger charge is -2.11. The van der Waals surface area contributed by atoms with Gasteiger partial charge in [0.2, 0.25) is 0 Å². The predicted molar refractivity (Wildman–Crippen MR) is 56.0 cm³/mol. The van der Waals surface area contributed by atoms with Gasteiger partial charge in [0.05, 0.1) is 5.02 Å². The summed E-state index contributed by atoms with van der Waals surface area (Å²) in [6, 6.07) is 1.60. The zero-order valence-corrected chi connectivity index (χ0v) is 8.52. The van der Waals surface area contributed by atoms with Crippen molar-refractivity contribution in [3.8, 4) is 0 Å². The average Bonchev–Trinajstić information content (AvgIpc) is 2.10. The summed E-state index contributed by atoms with van der Waals surface area (Å²) in [5.74, 6) is 0. The zero-order valence-electron chi connectivity index (χ0n) is 7.00. The van der Waals surface area contributed by atoms with Gasteiger partial charge in [-0.1, -0.05) is 29.3 Å². The third-order valence-corrected chi connectivity index (χ3v) is 2.48. The maximum atomic E-state index is 5.92. The highest BCUT2D eigenvalue weighted by atomic mass is 35.5. The third kappa shape index (κ3) is 2.44. The molecule has 1 aromatic heterocycles. The molecule has 1 unspecified atom stereocenters. The first-order valence-corrected chi connectivity index (χ1v) is 4.58. The van der Waals surface area contributed by atoms with Gasteiger partial charge >= 0.3 is 0 Å². The largest absolute Gasteiger partial charge is 0.324 e. The number of aromatic nitrogens is 1. The van der Waals surface area contributed by atoms with Crippen LogP contribution in [0.15, 0.2) is 24.9 Å². The summed E-state index contributed by atoms with van der Waals surface area (Å²) in [5, 5.41) is 0.720. The number of rotatable bonds is 3. The molecule has 0 aromatic carbocycles. The smallest absolute Gasteiger partial charge is 0.147 e. The van der Waals surface area contributed by atoms with Gasteiger partial charge in [0.1, 0.15) is 5.15 Å². The molecule has 2 N–H and O–H groups in total. The fourth-order valence-corrected chi connectivity index (χ4v) is 1.44. The molecule has 70 valence electrons. The Hall–Kier alpha value is -0.570. The molecule has 0 fully saturated rings. The first-order chi connectivity index (χ1) is 6.16. The summed E-state index contributed by atoms with van der Waals surface area (Å²) in [5.41, 5.74) is 6.64. The summed E-state index contributed by atoms with van der Waals surface area (Å²) in [7, 11) is 0. The van der Waals surface area contributed by atoms with Crippen LogP contribution in [0, 0.1) is 0 Å². The van der Waals surface area contributed by atoms with Gasteiger partial charge in [-0.15, -0.1) is 6.58 Å². The number of pyridine rings is 1. The van der Waals surface area contributed by atoms with Crippen LogP contribution in [-0.4, -0.2) is 4.98 Å². The molecule has 0 amide bonds. The maximum Gasteiger partial charge on any atom is 0.147 e. The summed E-state index contributed by atoms with van der Waals surface area (Å²) in [4.78, 5) is 3.83. The second-order valence-electron chi connectivity index (χ2n) is 2.64. The number of halogens is 2. The lowest BCUT2D eigenvalue weighted by Crippen LogP contribution is -2.09. The van der Waals surface area contributed by atoms with Crippen molar-refractivity contribution in [2.24, 2.45) is 5.73 Å². The molecule has 0 bridgehead atoms. The van der Waals surface area contributed by atoms with Gasteiger partial charge in [0, 0.05) is 12.2 Å². The highest BCUT2D eigenvalue weighted by Gasteiger charge is 2.11. The lowest BCUT2D eigenvalue weighted by atomic mass is 10.1. The second-order valence-corrected chi connectivity index (χ2v) is 3.37. The fraction of sp³-hybridized carbons (Fsp3) is 0.222. The van der Waals surface area contributed by atoms with Crippen molar-refractivity contribution in [2.45, 2.75) is 12.5 Å². The standard InChI is InChI=1S/C9H10Cl2N2/c1-2-3-7(12)6-4-5-13-9(11)8(6)10/h2,4-5,7H,1,3,12H2. The Bertz CT molecular complexity index is 312. The van der Waals surface area contributed by atoms with Crippen LogP contribution < -0.4 is 5.73 Å². The van der Waals surface area contributed by atoms with Crippen molar-refractivity contribution in [2.75, 3.05) is 0 Å². The Morgan fingerprint density at radius 1 is 1.62 bits per heavy atom. The van der Waals surface area contributed by atoms with E-state index in [0.717, 1.165) is 5.56 Å². The number of hydrogen-bond donors (Lipinski definition) is 1. The Kier molecular flexibility index (Phi) is 3.72. The second kappa shape index (κ2) is 4.61. The molecule has 0 aliphatic heterocycles. The van der Waals surface area contributed by atoms with Gasteiger partial charge in [-0.3, -0.25) is 0 Å². The first kappa shape index (κ1) is 10.5. The van der Waals surface area contributed by atoms with E-state index in [-0.39, 0.29) is 6.04 Å². The number of nitrogens with zero attached hydrogens (tertiary/aromatic N) is 1. The minimum atomic E-state index is -0.162. The Morgan fingerprint density at radius 2 is 2.31 bits per heavy atom. The van der Waals surface area contributed by atoms with Crippen LogP contribution in [0.5, 0.6) is 0 Å². The molecule has 2 nitrogen and oxygen atoms in total. The fourth-order valence-electron chi connectivity index (χ4n) is 1.02. The molecular formula is C9H10Cl2N2. The molecule has 13 heavy (non-hydrogen) atoms. The van der Waals surface area contributed by atoms with Crippen molar-refractivity contribution in [1.29, 1.82) is 0 Å². The molecule has 0 radical (unpaired) electrons. The summed E-state index contributed by atoms with van der Waals surface area (Å²) >= 11 is 11.6. The molecule has 0 spiro atoms. The van der Waals surface area contributed by atoms with Crippen LogP contribution in [0.25, 0.3) is 0 Å². The molecule has 0 saturated carbocycles. The van der Waals surface area contributed by atoms with Crippen LogP contribution in [0.2, 0.25) is 10.2 Å². The van der Waals surface area contributed by atoms with Crippen LogP contribution in [0.1, 0.15) is 18.0 Å². The van der Waals surface area contributed by atoms with E-state index in [1.165, 1.54) is 0 Å². The van der Waals surface area contributed by atoms with E-state index >= 15 is 0 Å². The highest BCUT2D eigenvalue weighted by Crippen LogP contribution is 2.28. The van der Waals surface area contributed by atoms with E-state index in [1.54, 1.807) is 18.3 Å². The van der Waals surface area contributed by atoms with E-state index in [1.807, 2.05) is 0 Å². The highest BCUT2D eigenvalue weighted by molar-refractivity contribution is 6.41. The monoisotopic (exact) mass is 216 g/mol. The van der Waals surface area contributed by atoms with Crippen molar-refractivity contribution in [1.82, 2.24) is 4.98 Å². The van der Waals surface area contributed by atoms with E-state index < -0.39 is 0 Å². The van der Waals surface area contributed by atoms with E-state index in [0.29, 0.717) is 16.6 Å². The van der Waals surface area contributed by atoms with Gasteiger partial charge in [0.25, 0.3) is 0 Å². The maximum absolute atomic E-state index is 5.92. The topological polar surface area (TPSA) is 38.9 Å². The van der Waals surface area contributed by atoms with E-state index in [9.17, 15) is 0 Å². The van der Waals surface area contributed by atoms with Gasteiger partial charge in [-0.2, -0.15) is 0 Å². The van der Waals surface area contributed by atoms with Crippen LogP contribution >= 0.6 is 23.2 Å². The van der Waals surface area contributed by atoms with Crippen molar-refractivity contribution < 1.29 is 0 Å². The zero-order chi connectivity index (χ0) is 9.84. The summed E-state index contributed by atoms with van der Waals surface area (Å²) in [6.07, 6.45) is 4.00. The summed E-state index contributed by atoms with van der Waals surface area (Å²) < 4.78 is 0. The normalized spacial score (nSPS) is 12.5. The number of hydrogen-bond acceptors (Lipinski definition) is 2. The molecule has 0 saturated heterocycles. The molecule has 1 rings (SSSR count). The van der Waals surface area contributed by atoms with Crippen molar-refractivity contribution >= 4 is 23.2 Å². The SMILES string of the molecule is C=CCC(N)c1ccnc(Cl)c1Cl. The third-order valence-electron chi connectivity index (χ3n) is 1.70. The van der Waals surface area contributed by atoms with Crippen LogP contribution in [0.3, 0.4) is 0 Å². The molecule has 1 atom stereocenters. The molecule has 0 aliphatic rings. The van der Waals surface area contributed by atoms with Crippen LogP contribution in [0.4, 0.5) is 0 Å². The lowest BCUT2D eigenvalue weighted by molar-refractivity contribution is 0.740.